The zero-order valence-electron chi connectivity index (χ0n) is 26.5. The lowest BCUT2D eigenvalue weighted by Crippen LogP contribution is -2.30. The van der Waals surface area contributed by atoms with Crippen molar-refractivity contribution >= 4 is 42.9 Å². The lowest BCUT2D eigenvalue weighted by Gasteiger charge is -2.19. The van der Waals surface area contributed by atoms with Crippen molar-refractivity contribution < 1.29 is 62.6 Å². The van der Waals surface area contributed by atoms with E-state index in [1.165, 1.54) is 54.6 Å². The van der Waals surface area contributed by atoms with E-state index in [-0.39, 0.29) is 21.2 Å². The number of halogens is 6. The highest BCUT2D eigenvalue weighted by Gasteiger charge is 2.41. The van der Waals surface area contributed by atoms with Crippen LogP contribution in [-0.2, 0) is 32.0 Å². The van der Waals surface area contributed by atoms with Crippen molar-refractivity contribution in [3.63, 3.8) is 0 Å². The van der Waals surface area contributed by atoms with Gasteiger partial charge in [-0.1, -0.05) is 24.3 Å². The van der Waals surface area contributed by atoms with Gasteiger partial charge < -0.3 is 9.84 Å². The largest absolute Gasteiger partial charge is 0.506 e. The molecule has 2 amide bonds. The number of para-hydroxylation sites is 2. The number of benzene rings is 4. The number of amides is 2. The fourth-order valence-electron chi connectivity index (χ4n) is 5.48. The number of rotatable bonds is 3. The van der Waals surface area contributed by atoms with Gasteiger partial charge in [-0.15, -0.1) is 0 Å². The van der Waals surface area contributed by atoms with E-state index in [1.807, 2.05) is 0 Å². The Morgan fingerprint density at radius 3 is 1.49 bits per heavy atom. The third kappa shape index (κ3) is 7.06. The highest BCUT2D eigenvalue weighted by Crippen LogP contribution is 2.42. The number of hydrogen-bond acceptors (Lipinski definition) is 10. The summed E-state index contributed by atoms with van der Waals surface area (Å²) < 4.78 is 133. The molecule has 12 nitrogen and oxygen atoms in total. The van der Waals surface area contributed by atoms with Gasteiger partial charge in [0.2, 0.25) is 0 Å². The summed E-state index contributed by atoms with van der Waals surface area (Å²) in [6.07, 6.45) is -9.87. The second-order valence-electron chi connectivity index (χ2n) is 11.1. The van der Waals surface area contributed by atoms with Crippen molar-refractivity contribution in [2.45, 2.75) is 22.1 Å². The lowest BCUT2D eigenvalue weighted by molar-refractivity contribution is -0.139. The van der Waals surface area contributed by atoms with Gasteiger partial charge in [-0.2, -0.15) is 36.9 Å². The minimum absolute atomic E-state index is 0.0395. The van der Waals surface area contributed by atoms with E-state index in [0.29, 0.717) is 12.1 Å². The average Bonchev–Trinajstić information content (AvgIpc) is 3.55. The number of fused-ring (bicyclic) bond motifs is 2. The molecule has 20 heteroatoms. The average molecular weight is 779 g/mol. The Morgan fingerprint density at radius 2 is 1.09 bits per heavy atom. The molecular weight excluding hydrogens is 759 g/mol. The number of carbonyl (C=O) groups is 2. The number of hydrogen-bond donors (Lipinski definition) is 1. The minimum atomic E-state index is -5.00. The Labute approximate surface area is 296 Å². The predicted molar refractivity (Wildman–Crippen MR) is 171 cm³/mol. The van der Waals surface area contributed by atoms with Gasteiger partial charge in [0.15, 0.2) is 19.7 Å². The summed E-state index contributed by atoms with van der Waals surface area (Å²) in [7, 11) is -6.60. The molecule has 0 bridgehead atoms. The molecule has 0 aromatic heterocycles. The molecule has 0 spiro atoms. The van der Waals surface area contributed by atoms with Crippen LogP contribution in [0.4, 0.5) is 37.7 Å². The van der Waals surface area contributed by atoms with E-state index in [2.05, 4.69) is 4.74 Å². The smallest absolute Gasteiger partial charge is 0.420 e. The first kappa shape index (κ1) is 38.1. The highest BCUT2D eigenvalue weighted by atomic mass is 32.2. The Hall–Kier alpha value is -6.12. The van der Waals surface area contributed by atoms with E-state index in [9.17, 15) is 57.9 Å². The Bertz CT molecular complexity index is 2510. The number of nitriles is 2. The number of carbonyl (C=O) groups excluding carboxylic acids is 2. The first-order valence-corrected chi connectivity index (χ1v) is 17.8. The van der Waals surface area contributed by atoms with Crippen LogP contribution in [0.25, 0.3) is 0 Å². The van der Waals surface area contributed by atoms with Crippen LogP contribution in [0.5, 0.6) is 11.5 Å². The second-order valence-corrected chi connectivity index (χ2v) is 15.0. The summed E-state index contributed by atoms with van der Waals surface area (Å²) >= 11 is 0. The number of nitrogens with zero attached hydrogens (tertiary/aromatic N) is 4. The van der Waals surface area contributed by atoms with E-state index in [0.717, 1.165) is 29.0 Å². The van der Waals surface area contributed by atoms with Crippen molar-refractivity contribution in [3.05, 3.63) is 106 Å². The number of phenols is 1. The van der Waals surface area contributed by atoms with Crippen molar-refractivity contribution in [1.29, 1.82) is 10.5 Å². The lowest BCUT2D eigenvalue weighted by atomic mass is 10.0. The molecule has 0 saturated carbocycles. The third-order valence-electron chi connectivity index (χ3n) is 7.82. The molecule has 0 aliphatic carbocycles. The molecule has 2 aliphatic heterocycles. The van der Waals surface area contributed by atoms with Crippen LogP contribution >= 0.6 is 0 Å². The first-order valence-electron chi connectivity index (χ1n) is 14.5. The molecule has 2 aliphatic rings. The van der Waals surface area contributed by atoms with E-state index in [4.69, 9.17) is 10.5 Å². The van der Waals surface area contributed by atoms with Gasteiger partial charge in [0.25, 0.3) is 11.8 Å². The van der Waals surface area contributed by atoms with Gasteiger partial charge >= 0.3 is 12.4 Å². The fraction of sp³-hybridized carbons (Fsp3) is 0.152. The summed E-state index contributed by atoms with van der Waals surface area (Å²) in [6, 6.07) is 16.9. The fourth-order valence-corrected chi connectivity index (χ4v) is 8.51. The van der Waals surface area contributed by atoms with E-state index < -0.39 is 100 Å². The van der Waals surface area contributed by atoms with Crippen LogP contribution in [0.3, 0.4) is 0 Å². The number of alkyl halides is 6. The molecular formula is C33H20F6N4O8S2. The number of anilines is 2. The SMILES string of the molecule is COc1c(C#N)cc(C(=O)N2CS(=O)(=O)c3ccccc32)cc1C(F)(F)F.N#Cc1cc(C(=O)N2CS(=O)(=O)c3ccccc32)cc(C(F)(F)F)c1O. The Balaban J connectivity index is 0.000000204. The van der Waals surface area contributed by atoms with Gasteiger partial charge in [-0.3, -0.25) is 19.4 Å². The number of ether oxygens (including phenoxy) is 1. The zero-order chi connectivity index (χ0) is 39.3. The van der Waals surface area contributed by atoms with Crippen LogP contribution in [0.1, 0.15) is 43.0 Å². The summed E-state index contributed by atoms with van der Waals surface area (Å²) in [6.45, 7) is 0. The maximum atomic E-state index is 13.3. The van der Waals surface area contributed by atoms with Crippen LogP contribution in [0, 0.1) is 22.7 Å². The molecule has 4 aromatic carbocycles. The standard InChI is InChI=1S/C17H11F3N2O4S.C16H9F3N2O4S/c1-26-15-11(8-21)6-10(7-12(15)17(18,19)20)16(23)22-9-27(24,25)14-5-3-2-4-13(14)22;17-16(18,19)11-6-9(5-10(7-20)14(11)22)15(23)21-8-26(24,25)13-4-2-1-3-12(13)21/h2-7H,9H2,1H3;1-6,22H,8H2. The summed E-state index contributed by atoms with van der Waals surface area (Å²) in [5.41, 5.74) is -4.96. The summed E-state index contributed by atoms with van der Waals surface area (Å²) in [5, 5.41) is 27.6. The van der Waals surface area contributed by atoms with Gasteiger partial charge in [0.1, 0.15) is 35.4 Å². The topological polar surface area (TPSA) is 186 Å². The van der Waals surface area contributed by atoms with Crippen LogP contribution < -0.4 is 14.5 Å². The van der Waals surface area contributed by atoms with Crippen LogP contribution in [0.15, 0.2) is 82.6 Å². The van der Waals surface area contributed by atoms with Gasteiger partial charge in [-0.25, -0.2) is 16.8 Å². The number of sulfone groups is 2. The molecule has 1 N–H and O–H groups in total. The number of phenolic OH excluding ortho intramolecular Hbond substituents is 1. The third-order valence-corrected chi connectivity index (χ3v) is 11.0. The molecule has 2 heterocycles. The number of methoxy groups -OCH3 is 1. The Kier molecular flexibility index (Phi) is 9.68. The molecule has 6 rings (SSSR count). The van der Waals surface area contributed by atoms with Gasteiger partial charge in [0, 0.05) is 11.1 Å². The molecule has 0 radical (unpaired) electrons. The van der Waals surface area contributed by atoms with Gasteiger partial charge in [0.05, 0.1) is 50.5 Å². The normalized spacial score (nSPS) is 15.3. The Morgan fingerprint density at radius 1 is 0.698 bits per heavy atom. The van der Waals surface area contributed by atoms with Crippen molar-refractivity contribution in [2.24, 2.45) is 0 Å². The highest BCUT2D eigenvalue weighted by molar-refractivity contribution is 7.92. The monoisotopic (exact) mass is 778 g/mol. The predicted octanol–water partition coefficient (Wildman–Crippen LogP) is 5.65. The number of aromatic hydroxyl groups is 1. The van der Waals surface area contributed by atoms with Crippen molar-refractivity contribution in [1.82, 2.24) is 0 Å². The second kappa shape index (κ2) is 13.5. The minimum Gasteiger partial charge on any atom is -0.506 e. The molecule has 274 valence electrons. The summed E-state index contributed by atoms with van der Waals surface area (Å²) in [4.78, 5) is 26.9. The van der Waals surface area contributed by atoms with Crippen molar-refractivity contribution in [2.75, 3.05) is 28.7 Å². The molecule has 0 atom stereocenters. The maximum Gasteiger partial charge on any atom is 0.420 e. The molecule has 0 fully saturated rings. The van der Waals surface area contributed by atoms with Gasteiger partial charge in [-0.05, 0) is 48.5 Å². The van der Waals surface area contributed by atoms with Crippen LogP contribution in [0.2, 0.25) is 0 Å². The molecule has 0 saturated heterocycles. The zero-order valence-corrected chi connectivity index (χ0v) is 28.2. The van der Waals surface area contributed by atoms with E-state index in [1.54, 1.807) is 6.07 Å². The van der Waals surface area contributed by atoms with E-state index >= 15 is 0 Å². The first-order chi connectivity index (χ1) is 24.7. The molecule has 53 heavy (non-hydrogen) atoms. The summed E-state index contributed by atoms with van der Waals surface area (Å²) in [5.74, 6) is -5.40. The quantitative estimate of drug-likeness (QED) is 0.255. The van der Waals surface area contributed by atoms with Crippen LogP contribution in [-0.4, -0.2) is 52.6 Å². The van der Waals surface area contributed by atoms with Crippen molar-refractivity contribution in [3.8, 4) is 23.6 Å². The molecule has 4 aromatic rings. The molecule has 0 unspecified atom stereocenters. The maximum absolute atomic E-state index is 13.3.